The van der Waals surface area contributed by atoms with Crippen LogP contribution in [0.1, 0.15) is 101 Å². The fourth-order valence-electron chi connectivity index (χ4n) is 8.73. The van der Waals surface area contributed by atoms with Crippen molar-refractivity contribution >= 4 is 17.8 Å². The molecule has 308 valence electrons. The summed E-state index contributed by atoms with van der Waals surface area (Å²) in [6.07, 6.45) is -4.78. The molecule has 3 heterocycles. The molecule has 3 aliphatic rings. The molecule has 0 aliphatic carbocycles. The smallest absolute Gasteiger partial charge is 0.303 e. The van der Waals surface area contributed by atoms with E-state index in [2.05, 4.69) is 19.2 Å². The molecular weight excluding hydrogens is 686 g/mol. The molecule has 0 aromatic heterocycles. The van der Waals surface area contributed by atoms with E-state index in [1.54, 1.807) is 39.8 Å². The van der Waals surface area contributed by atoms with Gasteiger partial charge in [0.2, 0.25) is 11.8 Å². The van der Waals surface area contributed by atoms with Gasteiger partial charge in [0.25, 0.3) is 0 Å². The van der Waals surface area contributed by atoms with Gasteiger partial charge in [0.1, 0.15) is 11.7 Å². The zero-order valence-corrected chi connectivity index (χ0v) is 34.8. The number of aliphatic hydroxyl groups excluding tert-OH is 1. The standard InChI is InChI=1S/C39H71N3O11/c1-21(2)15-28-17-30(44)42(13)20-22(3)18-38(9,47)34(53-37-32(45)29(41(11)12)16-23(4)49-37)24(5)33(25(6)36(46)40-28)52-31-19-39(10,48-14)35(26(7)50-31)51-27(8)43/h21-26,28-29,31-35,37,45,47H,15-20H2,1-14H3,(H,40,46)/t22-,23-,24+,25-,26+,28?,29+,31+,32-,33+,34-,35+,37+,38-,39-/m1/s1. The van der Waals surface area contributed by atoms with Crippen molar-refractivity contribution in [1.29, 1.82) is 0 Å². The second-order valence-corrected chi connectivity index (χ2v) is 17.4. The third-order valence-corrected chi connectivity index (χ3v) is 11.4. The first-order valence-corrected chi connectivity index (χ1v) is 19.4. The van der Waals surface area contributed by atoms with E-state index in [1.165, 1.54) is 6.92 Å². The summed E-state index contributed by atoms with van der Waals surface area (Å²) in [6.45, 7) is 18.6. The minimum Gasteiger partial charge on any atom is -0.457 e. The van der Waals surface area contributed by atoms with Crippen LogP contribution in [0.3, 0.4) is 0 Å². The lowest BCUT2D eigenvalue weighted by molar-refractivity contribution is -0.318. The highest BCUT2D eigenvalue weighted by Crippen LogP contribution is 2.40. The first-order chi connectivity index (χ1) is 24.5. The number of amides is 2. The molecule has 3 fully saturated rings. The Morgan fingerprint density at radius 1 is 1.06 bits per heavy atom. The zero-order chi connectivity index (χ0) is 40.2. The van der Waals surface area contributed by atoms with Gasteiger partial charge >= 0.3 is 5.97 Å². The van der Waals surface area contributed by atoms with Crippen LogP contribution in [0.25, 0.3) is 0 Å². The quantitative estimate of drug-likeness (QED) is 0.295. The maximum Gasteiger partial charge on any atom is 0.303 e. The number of hydrogen-bond acceptors (Lipinski definition) is 12. The summed E-state index contributed by atoms with van der Waals surface area (Å²) < 4.78 is 37.7. The number of carbonyl (C=O) groups excluding carboxylic acids is 3. The maximum atomic E-state index is 14.3. The lowest BCUT2D eigenvalue weighted by atomic mass is 9.77. The summed E-state index contributed by atoms with van der Waals surface area (Å²) in [5.74, 6) is -2.31. The first kappa shape index (κ1) is 45.5. The molecule has 0 saturated carbocycles. The SMILES string of the molecule is CO[C@]1(C)C[C@H](O[C@H]2[C@H](C)[C@@H](O[C@@H]3O[C@H](C)C[C@H](N(C)C)[C@H]3O)[C@](C)(O)C[C@@H](C)CN(C)C(=O)CC(CC(C)C)NC(=O)[C@@H]2C)O[C@@H](C)[C@@H]1OC(C)=O. The van der Waals surface area contributed by atoms with Crippen molar-refractivity contribution in [3.05, 3.63) is 0 Å². The molecule has 3 rings (SSSR count). The molecule has 0 aromatic carbocycles. The molecule has 0 spiro atoms. The predicted molar refractivity (Wildman–Crippen MR) is 198 cm³/mol. The number of ether oxygens (including phenoxy) is 6. The molecule has 14 heteroatoms. The fraction of sp³-hybridized carbons (Fsp3) is 0.923. The van der Waals surface area contributed by atoms with Crippen LogP contribution in [0.2, 0.25) is 0 Å². The average Bonchev–Trinajstić information content (AvgIpc) is 3.03. The van der Waals surface area contributed by atoms with Gasteiger partial charge in [0.15, 0.2) is 18.7 Å². The normalized spacial score (nSPS) is 42.7. The van der Waals surface area contributed by atoms with E-state index in [0.717, 1.165) is 0 Å². The van der Waals surface area contributed by atoms with Gasteiger partial charge in [-0.25, -0.2) is 0 Å². The predicted octanol–water partition coefficient (Wildman–Crippen LogP) is 3.10. The van der Waals surface area contributed by atoms with Crippen LogP contribution in [-0.4, -0.2) is 145 Å². The molecule has 3 aliphatic heterocycles. The Morgan fingerprint density at radius 3 is 2.26 bits per heavy atom. The Kier molecular flexibility index (Phi) is 16.1. The van der Waals surface area contributed by atoms with E-state index < -0.39 is 78.1 Å². The second kappa shape index (κ2) is 18.8. The van der Waals surface area contributed by atoms with E-state index in [1.807, 2.05) is 46.7 Å². The Hall–Kier alpha value is -1.91. The fourth-order valence-corrected chi connectivity index (χ4v) is 8.73. The highest BCUT2D eigenvalue weighted by Gasteiger charge is 2.52. The van der Waals surface area contributed by atoms with E-state index in [9.17, 15) is 24.6 Å². The summed E-state index contributed by atoms with van der Waals surface area (Å²) in [6, 6.07) is -0.670. The van der Waals surface area contributed by atoms with Crippen molar-refractivity contribution in [2.75, 3.05) is 34.8 Å². The van der Waals surface area contributed by atoms with Crippen molar-refractivity contribution < 1.29 is 53.0 Å². The van der Waals surface area contributed by atoms with Crippen molar-refractivity contribution in [3.63, 3.8) is 0 Å². The molecule has 1 unspecified atom stereocenters. The number of nitrogens with zero attached hydrogens (tertiary/aromatic N) is 2. The summed E-state index contributed by atoms with van der Waals surface area (Å²) in [5, 5.41) is 27.2. The van der Waals surface area contributed by atoms with Crippen molar-refractivity contribution in [1.82, 2.24) is 15.1 Å². The third-order valence-electron chi connectivity index (χ3n) is 11.4. The molecule has 15 atom stereocenters. The Labute approximate surface area is 317 Å². The van der Waals surface area contributed by atoms with Crippen molar-refractivity contribution in [2.24, 2.45) is 23.7 Å². The molecule has 3 N–H and O–H groups in total. The number of esters is 1. The maximum absolute atomic E-state index is 14.3. The Morgan fingerprint density at radius 2 is 1.70 bits per heavy atom. The topological polar surface area (TPSA) is 166 Å². The first-order valence-electron chi connectivity index (χ1n) is 19.4. The molecule has 0 aromatic rings. The van der Waals surface area contributed by atoms with Crippen LogP contribution in [0.4, 0.5) is 0 Å². The van der Waals surface area contributed by atoms with Gasteiger partial charge in [-0.3, -0.25) is 14.4 Å². The average molecular weight is 758 g/mol. The van der Waals surface area contributed by atoms with E-state index in [4.69, 9.17) is 28.4 Å². The molecule has 14 nitrogen and oxygen atoms in total. The van der Waals surface area contributed by atoms with Crippen LogP contribution in [0.15, 0.2) is 0 Å². The number of likely N-dealkylation sites (N-methyl/N-ethyl adjacent to an activating group) is 1. The number of nitrogens with one attached hydrogen (secondary N) is 1. The summed E-state index contributed by atoms with van der Waals surface area (Å²) >= 11 is 0. The van der Waals surface area contributed by atoms with E-state index >= 15 is 0 Å². The van der Waals surface area contributed by atoms with Gasteiger partial charge < -0.3 is 53.8 Å². The van der Waals surface area contributed by atoms with E-state index in [-0.39, 0.29) is 55.1 Å². The number of hydrogen-bond donors (Lipinski definition) is 3. The van der Waals surface area contributed by atoms with Crippen LogP contribution in [0.5, 0.6) is 0 Å². The van der Waals surface area contributed by atoms with Gasteiger partial charge in [0, 0.05) is 58.5 Å². The Bertz CT molecular complexity index is 1220. The molecule has 0 bridgehead atoms. The monoisotopic (exact) mass is 758 g/mol. The largest absolute Gasteiger partial charge is 0.457 e. The lowest BCUT2D eigenvalue weighted by Gasteiger charge is -2.49. The van der Waals surface area contributed by atoms with E-state index in [0.29, 0.717) is 19.4 Å². The molecule has 0 radical (unpaired) electrons. The highest BCUT2D eigenvalue weighted by atomic mass is 16.7. The van der Waals surface area contributed by atoms with Gasteiger partial charge in [-0.15, -0.1) is 0 Å². The van der Waals surface area contributed by atoms with Gasteiger partial charge in [0.05, 0.1) is 35.9 Å². The summed E-state index contributed by atoms with van der Waals surface area (Å²) in [5.41, 5.74) is -2.52. The molecule has 53 heavy (non-hydrogen) atoms. The van der Waals surface area contributed by atoms with Crippen molar-refractivity contribution in [2.45, 2.75) is 174 Å². The number of methoxy groups -OCH3 is 1. The Balaban J connectivity index is 2.13. The number of aliphatic hydroxyl groups is 2. The number of carbonyl (C=O) groups is 3. The van der Waals surface area contributed by atoms with Gasteiger partial charge in [-0.05, 0) is 72.9 Å². The molecule has 2 amide bonds. The third kappa shape index (κ3) is 11.8. The second-order valence-electron chi connectivity index (χ2n) is 17.4. The van der Waals surface area contributed by atoms with Gasteiger partial charge in [-0.1, -0.05) is 34.6 Å². The molecule has 3 saturated heterocycles. The minimum atomic E-state index is -1.54. The lowest BCUT2D eigenvalue weighted by Crippen LogP contribution is -2.61. The minimum absolute atomic E-state index is 0.102. The summed E-state index contributed by atoms with van der Waals surface area (Å²) in [4.78, 5) is 43.4. The van der Waals surface area contributed by atoms with Crippen LogP contribution >= 0.6 is 0 Å². The van der Waals surface area contributed by atoms with Crippen LogP contribution in [-0.2, 0) is 42.8 Å². The summed E-state index contributed by atoms with van der Waals surface area (Å²) in [7, 11) is 7.07. The van der Waals surface area contributed by atoms with Gasteiger partial charge in [-0.2, -0.15) is 0 Å². The zero-order valence-electron chi connectivity index (χ0n) is 34.8. The molecular formula is C39H71N3O11. The van der Waals surface area contributed by atoms with Crippen molar-refractivity contribution in [3.8, 4) is 0 Å². The van der Waals surface area contributed by atoms with Crippen LogP contribution < -0.4 is 5.32 Å². The van der Waals surface area contributed by atoms with Crippen LogP contribution in [0, 0.1) is 23.7 Å². The highest BCUT2D eigenvalue weighted by molar-refractivity contribution is 5.81. The number of rotatable bonds is 9.